The van der Waals surface area contributed by atoms with E-state index < -0.39 is 0 Å². The zero-order valence-corrected chi connectivity index (χ0v) is 40.6. The lowest BCUT2D eigenvalue weighted by Gasteiger charge is -2.20. The molecule has 72 heavy (non-hydrogen) atoms. The zero-order chi connectivity index (χ0) is 48.5. The molecule has 3 aromatic heterocycles. The van der Waals surface area contributed by atoms with Crippen molar-refractivity contribution in [3.8, 4) is 78.9 Å². The van der Waals surface area contributed by atoms with Gasteiger partial charge in [-0.25, -0.2) is 15.0 Å². The largest absolute Gasteiger partial charge is 0.309 e. The third-order valence-electron chi connectivity index (χ3n) is 14.4. The van der Waals surface area contributed by atoms with E-state index in [9.17, 15) is 0 Å². The van der Waals surface area contributed by atoms with Crippen LogP contribution in [0, 0.1) is 27.7 Å². The Labute approximate surface area is 419 Å². The Hall–Kier alpha value is -9.19. The molecule has 0 aliphatic carbocycles. The lowest BCUT2D eigenvalue weighted by molar-refractivity contribution is 1.07. The fraction of sp³-hybridized carbons (Fsp3) is 0.0597. The zero-order valence-electron chi connectivity index (χ0n) is 40.6. The first-order valence-electron chi connectivity index (χ1n) is 24.7. The highest BCUT2D eigenvalue weighted by molar-refractivity contribution is 6.13. The number of para-hydroxylation sites is 3. The molecular weight excluding hydrogens is 875 g/mol. The number of rotatable bonds is 8. The SMILES string of the molecule is Cc1ccc(-c2ccc3c(c2)c2ccccc2n3-c2ccccc2-c2cc(-c3nc(-c4ccccc4)nc(-c4ccccc4)n3)ccc2-n2c3ccccc3c3cc(-c4ccc(C)cc4C)ccc32)c(C)c1. The second-order valence-electron chi connectivity index (χ2n) is 19.1. The van der Waals surface area contributed by atoms with Crippen molar-refractivity contribution in [2.75, 3.05) is 0 Å². The van der Waals surface area contributed by atoms with Crippen LogP contribution in [0.4, 0.5) is 0 Å². The van der Waals surface area contributed by atoms with Crippen LogP contribution in [-0.2, 0) is 0 Å². The molecule has 3 heterocycles. The number of hydrogen-bond acceptors (Lipinski definition) is 3. The summed E-state index contributed by atoms with van der Waals surface area (Å²) in [7, 11) is 0. The van der Waals surface area contributed by atoms with Gasteiger partial charge in [0.1, 0.15) is 0 Å². The molecule has 0 amide bonds. The Morgan fingerprint density at radius 3 is 1.19 bits per heavy atom. The van der Waals surface area contributed by atoms with Gasteiger partial charge in [-0.1, -0.05) is 175 Å². The second-order valence-corrected chi connectivity index (χ2v) is 19.1. The van der Waals surface area contributed by atoms with Gasteiger partial charge in [0, 0.05) is 49.4 Å². The van der Waals surface area contributed by atoms with Crippen molar-refractivity contribution in [2.24, 2.45) is 0 Å². The summed E-state index contributed by atoms with van der Waals surface area (Å²) in [6.07, 6.45) is 0. The minimum absolute atomic E-state index is 0.601. The number of aryl methyl sites for hydroxylation is 4. The molecule has 0 unspecified atom stereocenters. The Morgan fingerprint density at radius 2 is 0.681 bits per heavy atom. The van der Waals surface area contributed by atoms with Gasteiger partial charge in [0.05, 0.1) is 33.4 Å². The standard InChI is InChI=1S/C67H49N5/c1-42-27-32-51(44(3)37-42)48-29-34-62-56(39-48)53-21-11-14-24-59(53)71(62)60-25-15-13-23-55(60)58-41-50(67-69-65(46-17-7-5-8-18-46)68-66(70-67)47-19-9-6-10-20-47)31-36-64(58)72-61-26-16-12-22-54(61)57-40-49(30-35-63(57)72)52-33-28-43(2)38-45(52)4/h5-41H,1-4H3. The summed E-state index contributed by atoms with van der Waals surface area (Å²) in [6, 6.07) is 81.0. The van der Waals surface area contributed by atoms with E-state index >= 15 is 0 Å². The van der Waals surface area contributed by atoms with E-state index in [0.29, 0.717) is 17.5 Å². The summed E-state index contributed by atoms with van der Waals surface area (Å²) < 4.78 is 4.90. The molecule has 0 radical (unpaired) electrons. The maximum atomic E-state index is 5.24. The summed E-state index contributed by atoms with van der Waals surface area (Å²) in [5.74, 6) is 1.85. The van der Waals surface area contributed by atoms with Crippen LogP contribution in [0.25, 0.3) is 123 Å². The molecular formula is C67H49N5. The minimum atomic E-state index is 0.601. The Morgan fingerprint density at radius 1 is 0.264 bits per heavy atom. The van der Waals surface area contributed by atoms with Gasteiger partial charge in [-0.15, -0.1) is 0 Å². The van der Waals surface area contributed by atoms with Crippen molar-refractivity contribution < 1.29 is 0 Å². The fourth-order valence-electron chi connectivity index (χ4n) is 11.0. The maximum absolute atomic E-state index is 5.24. The quantitative estimate of drug-likeness (QED) is 0.153. The third kappa shape index (κ3) is 7.28. The molecule has 5 heteroatoms. The van der Waals surface area contributed by atoms with E-state index in [2.05, 4.69) is 225 Å². The van der Waals surface area contributed by atoms with Crippen LogP contribution in [0.5, 0.6) is 0 Å². The highest BCUT2D eigenvalue weighted by Crippen LogP contribution is 2.44. The van der Waals surface area contributed by atoms with Crippen molar-refractivity contribution >= 4 is 43.6 Å². The van der Waals surface area contributed by atoms with Gasteiger partial charge in [0.15, 0.2) is 17.5 Å². The van der Waals surface area contributed by atoms with Crippen LogP contribution in [0.2, 0.25) is 0 Å². The highest BCUT2D eigenvalue weighted by Gasteiger charge is 2.23. The summed E-state index contributed by atoms with van der Waals surface area (Å²) in [6.45, 7) is 8.73. The molecule has 13 rings (SSSR count). The second kappa shape index (κ2) is 17.3. The predicted molar refractivity (Wildman–Crippen MR) is 300 cm³/mol. The van der Waals surface area contributed by atoms with E-state index in [1.165, 1.54) is 66.1 Å². The summed E-state index contributed by atoms with van der Waals surface area (Å²) in [5, 5.41) is 4.81. The molecule has 0 aliphatic heterocycles. The maximum Gasteiger partial charge on any atom is 0.164 e. The van der Waals surface area contributed by atoms with Crippen LogP contribution in [0.3, 0.4) is 0 Å². The molecule has 5 nitrogen and oxygen atoms in total. The van der Waals surface area contributed by atoms with Crippen molar-refractivity contribution in [2.45, 2.75) is 27.7 Å². The van der Waals surface area contributed by atoms with Crippen molar-refractivity contribution in [3.05, 3.63) is 247 Å². The van der Waals surface area contributed by atoms with Gasteiger partial charge in [0.25, 0.3) is 0 Å². The molecule has 0 saturated carbocycles. The molecule has 13 aromatic rings. The van der Waals surface area contributed by atoms with Crippen molar-refractivity contribution in [3.63, 3.8) is 0 Å². The minimum Gasteiger partial charge on any atom is -0.309 e. The third-order valence-corrected chi connectivity index (χ3v) is 14.4. The number of hydrogen-bond donors (Lipinski definition) is 0. The first-order chi connectivity index (χ1) is 35.3. The Balaban J connectivity index is 1.08. The van der Waals surface area contributed by atoms with E-state index in [4.69, 9.17) is 15.0 Å². The van der Waals surface area contributed by atoms with Gasteiger partial charge < -0.3 is 9.13 Å². The number of aromatic nitrogens is 5. The molecule has 0 atom stereocenters. The van der Waals surface area contributed by atoms with Crippen molar-refractivity contribution in [1.82, 2.24) is 24.1 Å². The molecule has 0 spiro atoms. The topological polar surface area (TPSA) is 48.5 Å². The van der Waals surface area contributed by atoms with E-state index in [1.807, 2.05) is 36.4 Å². The summed E-state index contributed by atoms with van der Waals surface area (Å²) in [4.78, 5) is 15.5. The molecule has 0 N–H and O–H groups in total. The molecule has 0 saturated heterocycles. The van der Waals surface area contributed by atoms with Gasteiger partial charge >= 0.3 is 0 Å². The van der Waals surface area contributed by atoms with Gasteiger partial charge in [-0.05, 0) is 122 Å². The van der Waals surface area contributed by atoms with E-state index in [-0.39, 0.29) is 0 Å². The molecule has 0 bridgehead atoms. The molecule has 0 aliphatic rings. The molecule has 0 fully saturated rings. The van der Waals surface area contributed by atoms with Crippen LogP contribution < -0.4 is 0 Å². The first kappa shape index (κ1) is 42.9. The van der Waals surface area contributed by atoms with Gasteiger partial charge in [-0.3, -0.25) is 0 Å². The Bertz CT molecular complexity index is 4200. The first-order valence-corrected chi connectivity index (χ1v) is 24.7. The smallest absolute Gasteiger partial charge is 0.164 e. The van der Waals surface area contributed by atoms with Crippen molar-refractivity contribution in [1.29, 1.82) is 0 Å². The van der Waals surface area contributed by atoms with Gasteiger partial charge in [-0.2, -0.15) is 0 Å². The lowest BCUT2D eigenvalue weighted by Crippen LogP contribution is -2.03. The average Bonchev–Trinajstić information content (AvgIpc) is 3.93. The van der Waals surface area contributed by atoms with E-state index in [0.717, 1.165) is 61.3 Å². The fourth-order valence-corrected chi connectivity index (χ4v) is 11.0. The van der Waals surface area contributed by atoms with Crippen LogP contribution in [-0.4, -0.2) is 24.1 Å². The number of nitrogens with zero attached hydrogens (tertiary/aromatic N) is 5. The molecule has 342 valence electrons. The average molecular weight is 924 g/mol. The Kier molecular flexibility index (Phi) is 10.3. The predicted octanol–water partition coefficient (Wildman–Crippen LogP) is 17.3. The van der Waals surface area contributed by atoms with Crippen LogP contribution in [0.1, 0.15) is 22.3 Å². The summed E-state index contributed by atoms with van der Waals surface area (Å²) in [5.41, 5.74) is 21.5. The lowest BCUT2D eigenvalue weighted by atomic mass is 9.97. The highest BCUT2D eigenvalue weighted by atomic mass is 15.0. The van der Waals surface area contributed by atoms with Crippen LogP contribution >= 0.6 is 0 Å². The van der Waals surface area contributed by atoms with Crippen LogP contribution in [0.15, 0.2) is 224 Å². The normalized spacial score (nSPS) is 11.6. The monoisotopic (exact) mass is 923 g/mol. The summed E-state index contributed by atoms with van der Waals surface area (Å²) >= 11 is 0. The van der Waals surface area contributed by atoms with Gasteiger partial charge in [0.2, 0.25) is 0 Å². The molecule has 10 aromatic carbocycles. The number of fused-ring (bicyclic) bond motifs is 6. The number of benzene rings is 10. The van der Waals surface area contributed by atoms with E-state index in [1.54, 1.807) is 0 Å².